The van der Waals surface area contributed by atoms with Gasteiger partial charge in [0, 0.05) is 0 Å². The smallest absolute Gasteiger partial charge is 0.309 e. The van der Waals surface area contributed by atoms with Crippen LogP contribution >= 0.6 is 0 Å². The third kappa shape index (κ3) is 5.13. The van der Waals surface area contributed by atoms with Crippen molar-refractivity contribution in [2.45, 2.75) is 33.8 Å². The van der Waals surface area contributed by atoms with Crippen LogP contribution in [0.4, 0.5) is 0 Å². The first-order valence-electron chi connectivity index (χ1n) is 8.08. The van der Waals surface area contributed by atoms with Crippen molar-refractivity contribution in [3.63, 3.8) is 0 Å². The normalized spacial score (nSPS) is 12.0. The summed E-state index contributed by atoms with van der Waals surface area (Å²) in [5, 5.41) is 0. The van der Waals surface area contributed by atoms with Crippen LogP contribution in [-0.4, -0.2) is 5.97 Å². The molecule has 0 aliphatic carbocycles. The van der Waals surface area contributed by atoms with E-state index in [0.717, 1.165) is 23.5 Å². The third-order valence-electron chi connectivity index (χ3n) is 3.81. The molecular weight excluding hydrogens is 288 g/mol. The van der Waals surface area contributed by atoms with Gasteiger partial charge in [0.2, 0.25) is 0 Å². The molecule has 2 aromatic rings. The van der Waals surface area contributed by atoms with Gasteiger partial charge in [-0.05, 0) is 42.2 Å². The van der Waals surface area contributed by atoms with Gasteiger partial charge < -0.3 is 9.47 Å². The van der Waals surface area contributed by atoms with Crippen LogP contribution < -0.4 is 4.74 Å². The molecule has 0 N–H and O–H groups in total. The average Bonchev–Trinajstić information content (AvgIpc) is 2.54. The van der Waals surface area contributed by atoms with Gasteiger partial charge >= 0.3 is 5.97 Å². The lowest BCUT2D eigenvalue weighted by molar-refractivity contribution is -0.151. The summed E-state index contributed by atoms with van der Waals surface area (Å²) in [7, 11) is 0. The van der Waals surface area contributed by atoms with Crippen molar-refractivity contribution in [2.24, 2.45) is 11.8 Å². The van der Waals surface area contributed by atoms with Crippen LogP contribution in [-0.2, 0) is 16.1 Å². The molecular formula is C20H24O3. The van der Waals surface area contributed by atoms with Gasteiger partial charge in [0.25, 0.3) is 0 Å². The summed E-state index contributed by atoms with van der Waals surface area (Å²) < 4.78 is 11.2. The Labute approximate surface area is 138 Å². The van der Waals surface area contributed by atoms with Gasteiger partial charge in [0.1, 0.15) is 18.1 Å². The monoisotopic (exact) mass is 312 g/mol. The van der Waals surface area contributed by atoms with Crippen LogP contribution in [0.2, 0.25) is 0 Å². The van der Waals surface area contributed by atoms with Gasteiger partial charge in [-0.25, -0.2) is 0 Å². The molecule has 0 fully saturated rings. The standard InChI is InChI=1S/C20H24O3/c1-4-19(15(2)3)20(21)22-14-16-9-8-12-18(13-16)23-17-10-6-5-7-11-17/h5-13,15,19H,4,14H2,1-3H3. The summed E-state index contributed by atoms with van der Waals surface area (Å²) in [6.45, 7) is 6.38. The molecule has 0 bridgehead atoms. The number of carbonyl (C=O) groups is 1. The highest BCUT2D eigenvalue weighted by atomic mass is 16.5. The van der Waals surface area contributed by atoms with Crippen LogP contribution in [0, 0.1) is 11.8 Å². The Morgan fingerprint density at radius 3 is 2.35 bits per heavy atom. The number of hydrogen-bond donors (Lipinski definition) is 0. The highest BCUT2D eigenvalue weighted by Gasteiger charge is 2.21. The lowest BCUT2D eigenvalue weighted by Gasteiger charge is -2.17. The number of ether oxygens (including phenoxy) is 2. The molecule has 3 heteroatoms. The molecule has 0 radical (unpaired) electrons. The zero-order valence-electron chi connectivity index (χ0n) is 14.0. The summed E-state index contributed by atoms with van der Waals surface area (Å²) in [4.78, 5) is 12.1. The second kappa shape index (κ2) is 8.37. The largest absolute Gasteiger partial charge is 0.461 e. The van der Waals surface area contributed by atoms with E-state index in [0.29, 0.717) is 5.92 Å². The van der Waals surface area contributed by atoms with Gasteiger partial charge in [0.05, 0.1) is 5.92 Å². The van der Waals surface area contributed by atoms with E-state index in [4.69, 9.17) is 9.47 Å². The zero-order chi connectivity index (χ0) is 16.7. The van der Waals surface area contributed by atoms with E-state index in [9.17, 15) is 4.79 Å². The van der Waals surface area contributed by atoms with Crippen LogP contribution in [0.3, 0.4) is 0 Å². The summed E-state index contributed by atoms with van der Waals surface area (Å²) in [5.41, 5.74) is 0.922. The minimum absolute atomic E-state index is 0.0428. The van der Waals surface area contributed by atoms with E-state index in [1.807, 2.05) is 75.4 Å². The van der Waals surface area contributed by atoms with Crippen LogP contribution in [0.5, 0.6) is 11.5 Å². The summed E-state index contributed by atoms with van der Waals surface area (Å²) in [6.07, 6.45) is 0.799. The van der Waals surface area contributed by atoms with E-state index in [1.165, 1.54) is 0 Å². The lowest BCUT2D eigenvalue weighted by Crippen LogP contribution is -2.21. The van der Waals surface area contributed by atoms with Crippen molar-refractivity contribution < 1.29 is 14.3 Å². The fourth-order valence-corrected chi connectivity index (χ4v) is 2.50. The number of benzene rings is 2. The van der Waals surface area contributed by atoms with Crippen molar-refractivity contribution in [2.75, 3.05) is 0 Å². The van der Waals surface area contributed by atoms with E-state index < -0.39 is 0 Å². The number of para-hydroxylation sites is 1. The van der Waals surface area contributed by atoms with Gasteiger partial charge in [0.15, 0.2) is 0 Å². The van der Waals surface area contributed by atoms with Crippen LogP contribution in [0.15, 0.2) is 54.6 Å². The first kappa shape index (κ1) is 17.1. The number of hydrogen-bond acceptors (Lipinski definition) is 3. The van der Waals surface area contributed by atoms with Gasteiger partial charge in [-0.1, -0.05) is 51.1 Å². The highest BCUT2D eigenvalue weighted by molar-refractivity contribution is 5.72. The van der Waals surface area contributed by atoms with Crippen LogP contribution in [0.25, 0.3) is 0 Å². The highest BCUT2D eigenvalue weighted by Crippen LogP contribution is 2.23. The summed E-state index contributed by atoms with van der Waals surface area (Å²) >= 11 is 0. The minimum Gasteiger partial charge on any atom is -0.461 e. The number of carbonyl (C=O) groups excluding carboxylic acids is 1. The molecule has 0 amide bonds. The molecule has 3 nitrogen and oxygen atoms in total. The Kier molecular flexibility index (Phi) is 6.21. The maximum atomic E-state index is 12.1. The lowest BCUT2D eigenvalue weighted by atomic mass is 9.93. The second-order valence-electron chi connectivity index (χ2n) is 5.93. The molecule has 122 valence electrons. The van der Waals surface area contributed by atoms with Crippen molar-refractivity contribution in [1.29, 1.82) is 0 Å². The molecule has 2 rings (SSSR count). The van der Waals surface area contributed by atoms with Crippen molar-refractivity contribution in [3.05, 3.63) is 60.2 Å². The first-order chi connectivity index (χ1) is 11.1. The van der Waals surface area contributed by atoms with Crippen LogP contribution in [0.1, 0.15) is 32.8 Å². The quantitative estimate of drug-likeness (QED) is 0.659. The molecule has 2 aromatic carbocycles. The molecule has 0 aromatic heterocycles. The van der Waals surface area contributed by atoms with Crippen molar-refractivity contribution >= 4 is 5.97 Å². The molecule has 1 unspecified atom stereocenters. The molecule has 0 saturated heterocycles. The fraction of sp³-hybridized carbons (Fsp3) is 0.350. The summed E-state index contributed by atoms with van der Waals surface area (Å²) in [6, 6.07) is 17.2. The molecule has 0 aliphatic heterocycles. The maximum absolute atomic E-state index is 12.1. The van der Waals surface area contributed by atoms with Gasteiger partial charge in [-0.2, -0.15) is 0 Å². The van der Waals surface area contributed by atoms with E-state index in [-0.39, 0.29) is 18.5 Å². The number of rotatable bonds is 7. The average molecular weight is 312 g/mol. The molecule has 23 heavy (non-hydrogen) atoms. The SMILES string of the molecule is CCC(C(=O)OCc1cccc(Oc2ccccc2)c1)C(C)C. The minimum atomic E-state index is -0.128. The van der Waals surface area contributed by atoms with Crippen molar-refractivity contribution in [3.8, 4) is 11.5 Å². The predicted molar refractivity (Wildman–Crippen MR) is 91.4 cm³/mol. The molecule has 0 heterocycles. The Balaban J connectivity index is 1.96. The second-order valence-corrected chi connectivity index (χ2v) is 5.93. The third-order valence-corrected chi connectivity index (χ3v) is 3.81. The number of esters is 1. The Hall–Kier alpha value is -2.29. The van der Waals surface area contributed by atoms with E-state index in [2.05, 4.69) is 0 Å². The van der Waals surface area contributed by atoms with Gasteiger partial charge in [-0.15, -0.1) is 0 Å². The Bertz CT molecular complexity index is 620. The zero-order valence-corrected chi connectivity index (χ0v) is 14.0. The predicted octanol–water partition coefficient (Wildman–Crippen LogP) is 5.20. The van der Waals surface area contributed by atoms with Gasteiger partial charge in [-0.3, -0.25) is 4.79 Å². The molecule has 0 spiro atoms. The molecule has 0 saturated carbocycles. The topological polar surface area (TPSA) is 35.5 Å². The Morgan fingerprint density at radius 1 is 1.00 bits per heavy atom. The first-order valence-corrected chi connectivity index (χ1v) is 8.08. The maximum Gasteiger partial charge on any atom is 0.309 e. The van der Waals surface area contributed by atoms with E-state index in [1.54, 1.807) is 0 Å². The molecule has 0 aliphatic rings. The van der Waals surface area contributed by atoms with E-state index >= 15 is 0 Å². The summed E-state index contributed by atoms with van der Waals surface area (Å²) in [5.74, 6) is 1.64. The van der Waals surface area contributed by atoms with Crippen molar-refractivity contribution in [1.82, 2.24) is 0 Å². The fourth-order valence-electron chi connectivity index (χ4n) is 2.50. The Morgan fingerprint density at radius 2 is 1.70 bits per heavy atom. The molecule has 1 atom stereocenters.